The molecule has 0 aliphatic carbocycles. The van der Waals surface area contributed by atoms with Crippen molar-refractivity contribution in [2.45, 2.75) is 26.3 Å². The zero-order valence-electron chi connectivity index (χ0n) is 12.5. The molecule has 0 saturated carbocycles. The Morgan fingerprint density at radius 1 is 1.30 bits per heavy atom. The van der Waals surface area contributed by atoms with E-state index in [1.807, 2.05) is 4.90 Å². The molecule has 6 heteroatoms. The van der Waals surface area contributed by atoms with Crippen LogP contribution in [0.4, 0.5) is 5.82 Å². The Labute approximate surface area is 120 Å². The largest absolute Gasteiger partial charge is 0.366 e. The van der Waals surface area contributed by atoms with Crippen LogP contribution in [-0.4, -0.2) is 64.9 Å². The number of amides is 1. The summed E-state index contributed by atoms with van der Waals surface area (Å²) >= 11 is 0. The molecule has 1 aliphatic heterocycles. The van der Waals surface area contributed by atoms with Crippen molar-refractivity contribution in [3.05, 3.63) is 18.1 Å². The topological polar surface area (TPSA) is 61.4 Å². The van der Waals surface area contributed by atoms with Gasteiger partial charge in [-0.15, -0.1) is 0 Å². The van der Waals surface area contributed by atoms with Crippen LogP contribution in [0.2, 0.25) is 0 Å². The van der Waals surface area contributed by atoms with Crippen molar-refractivity contribution in [1.82, 2.24) is 19.8 Å². The first-order valence-electron chi connectivity index (χ1n) is 7.16. The maximum absolute atomic E-state index is 12.3. The monoisotopic (exact) mass is 277 g/mol. The minimum absolute atomic E-state index is 0.0271. The molecule has 1 atom stereocenters. The van der Waals surface area contributed by atoms with Gasteiger partial charge in [0.05, 0.1) is 12.4 Å². The highest BCUT2D eigenvalue weighted by molar-refractivity contribution is 5.92. The van der Waals surface area contributed by atoms with E-state index in [9.17, 15) is 4.79 Å². The second-order valence-corrected chi connectivity index (χ2v) is 5.34. The number of piperazine rings is 1. The highest BCUT2D eigenvalue weighted by atomic mass is 16.2. The molecule has 1 unspecified atom stereocenters. The van der Waals surface area contributed by atoms with E-state index >= 15 is 0 Å². The van der Waals surface area contributed by atoms with Crippen LogP contribution in [-0.2, 0) is 0 Å². The summed E-state index contributed by atoms with van der Waals surface area (Å²) in [6, 6.07) is 0.350. The zero-order chi connectivity index (χ0) is 14.5. The van der Waals surface area contributed by atoms with Gasteiger partial charge in [0, 0.05) is 32.2 Å². The number of carbonyl (C=O) groups excluding carboxylic acids is 1. The van der Waals surface area contributed by atoms with E-state index in [0.717, 1.165) is 32.6 Å². The fraction of sp³-hybridized carbons (Fsp3) is 0.643. The molecule has 0 aromatic carbocycles. The number of nitrogens with one attached hydrogen (secondary N) is 1. The predicted octanol–water partition coefficient (Wildman–Crippen LogP) is 1.07. The van der Waals surface area contributed by atoms with Crippen LogP contribution in [0.3, 0.4) is 0 Å². The number of anilines is 1. The molecule has 1 aromatic heterocycles. The summed E-state index contributed by atoms with van der Waals surface area (Å²) in [7, 11) is 2.07. The summed E-state index contributed by atoms with van der Waals surface area (Å²) < 4.78 is 0. The van der Waals surface area contributed by atoms with E-state index in [1.54, 1.807) is 12.4 Å². The smallest absolute Gasteiger partial charge is 0.274 e. The van der Waals surface area contributed by atoms with Crippen LogP contribution in [0, 0.1) is 0 Å². The van der Waals surface area contributed by atoms with E-state index in [4.69, 9.17) is 0 Å². The average Bonchev–Trinajstić information content (AvgIpc) is 2.48. The summed E-state index contributed by atoms with van der Waals surface area (Å²) in [5.41, 5.74) is 0.421. The molecule has 0 radical (unpaired) electrons. The number of nitrogens with zero attached hydrogens (tertiary/aromatic N) is 4. The maximum atomic E-state index is 12.3. The van der Waals surface area contributed by atoms with Gasteiger partial charge in [-0.1, -0.05) is 6.92 Å². The van der Waals surface area contributed by atoms with Gasteiger partial charge in [-0.25, -0.2) is 9.97 Å². The molecule has 1 amide bonds. The van der Waals surface area contributed by atoms with Crippen LogP contribution in [0.5, 0.6) is 0 Å². The van der Waals surface area contributed by atoms with E-state index in [1.165, 1.54) is 0 Å². The van der Waals surface area contributed by atoms with Crippen molar-refractivity contribution in [3.63, 3.8) is 0 Å². The van der Waals surface area contributed by atoms with Crippen molar-refractivity contribution in [3.8, 4) is 0 Å². The first kappa shape index (κ1) is 14.7. The Hall–Kier alpha value is -1.69. The molecule has 1 aliphatic rings. The summed E-state index contributed by atoms with van der Waals surface area (Å²) in [6.07, 6.45) is 4.21. The molecule has 2 rings (SSSR count). The summed E-state index contributed by atoms with van der Waals surface area (Å²) in [6.45, 7) is 7.52. The normalized spacial score (nSPS) is 17.9. The third-order valence-corrected chi connectivity index (χ3v) is 3.67. The van der Waals surface area contributed by atoms with E-state index < -0.39 is 0 Å². The maximum Gasteiger partial charge on any atom is 0.274 e. The van der Waals surface area contributed by atoms with E-state index in [-0.39, 0.29) is 5.91 Å². The molecular weight excluding hydrogens is 254 g/mol. The van der Waals surface area contributed by atoms with Crippen LogP contribution < -0.4 is 5.32 Å². The third kappa shape index (κ3) is 3.66. The summed E-state index contributed by atoms with van der Waals surface area (Å²) in [5.74, 6) is 0.690. The summed E-state index contributed by atoms with van der Waals surface area (Å²) in [4.78, 5) is 24.8. The Balaban J connectivity index is 1.97. The highest BCUT2D eigenvalue weighted by Crippen LogP contribution is 2.08. The molecule has 1 saturated heterocycles. The Morgan fingerprint density at radius 2 is 2.00 bits per heavy atom. The quantitative estimate of drug-likeness (QED) is 0.892. The van der Waals surface area contributed by atoms with Crippen LogP contribution in [0.25, 0.3) is 0 Å². The lowest BCUT2D eigenvalue weighted by Gasteiger charge is -2.32. The van der Waals surface area contributed by atoms with Crippen molar-refractivity contribution in [2.75, 3.05) is 38.5 Å². The molecule has 1 fully saturated rings. The van der Waals surface area contributed by atoms with Gasteiger partial charge >= 0.3 is 0 Å². The van der Waals surface area contributed by atoms with Gasteiger partial charge in [-0.2, -0.15) is 0 Å². The molecule has 1 N–H and O–H groups in total. The molecule has 1 aromatic rings. The minimum Gasteiger partial charge on any atom is -0.366 e. The van der Waals surface area contributed by atoms with E-state index in [2.05, 4.69) is 41.1 Å². The predicted molar refractivity (Wildman–Crippen MR) is 78.8 cm³/mol. The molecular formula is C14H23N5O. The lowest BCUT2D eigenvalue weighted by Crippen LogP contribution is -2.47. The lowest BCUT2D eigenvalue weighted by molar-refractivity contribution is 0.0658. The fourth-order valence-corrected chi connectivity index (χ4v) is 2.04. The van der Waals surface area contributed by atoms with Crippen molar-refractivity contribution >= 4 is 11.7 Å². The number of hydrogen-bond acceptors (Lipinski definition) is 5. The van der Waals surface area contributed by atoms with Gasteiger partial charge in [0.2, 0.25) is 0 Å². The highest BCUT2D eigenvalue weighted by Gasteiger charge is 2.21. The average molecular weight is 277 g/mol. The molecule has 110 valence electrons. The van der Waals surface area contributed by atoms with Gasteiger partial charge in [-0.3, -0.25) is 4.79 Å². The number of carbonyl (C=O) groups is 1. The number of likely N-dealkylation sites (N-methyl/N-ethyl adjacent to an activating group) is 1. The Kier molecular flexibility index (Phi) is 4.89. The van der Waals surface area contributed by atoms with Gasteiger partial charge in [0.1, 0.15) is 11.5 Å². The van der Waals surface area contributed by atoms with Crippen LogP contribution in [0.15, 0.2) is 12.4 Å². The first-order chi connectivity index (χ1) is 9.60. The third-order valence-electron chi connectivity index (χ3n) is 3.67. The van der Waals surface area contributed by atoms with Gasteiger partial charge in [0.15, 0.2) is 0 Å². The molecule has 6 nitrogen and oxygen atoms in total. The molecule has 0 bridgehead atoms. The van der Waals surface area contributed by atoms with Crippen molar-refractivity contribution < 1.29 is 4.79 Å². The molecule has 2 heterocycles. The Bertz CT molecular complexity index is 439. The summed E-state index contributed by atoms with van der Waals surface area (Å²) in [5, 5.41) is 3.24. The Morgan fingerprint density at radius 3 is 2.55 bits per heavy atom. The lowest BCUT2D eigenvalue weighted by atomic mass is 10.2. The van der Waals surface area contributed by atoms with Gasteiger partial charge < -0.3 is 15.1 Å². The zero-order valence-corrected chi connectivity index (χ0v) is 12.5. The number of aromatic nitrogens is 2. The van der Waals surface area contributed by atoms with Crippen LogP contribution >= 0.6 is 0 Å². The second kappa shape index (κ2) is 6.65. The molecule has 20 heavy (non-hydrogen) atoms. The number of rotatable bonds is 4. The van der Waals surface area contributed by atoms with Crippen molar-refractivity contribution in [1.29, 1.82) is 0 Å². The van der Waals surface area contributed by atoms with Crippen molar-refractivity contribution in [2.24, 2.45) is 0 Å². The first-order valence-corrected chi connectivity index (χ1v) is 7.16. The van der Waals surface area contributed by atoms with E-state index in [0.29, 0.717) is 17.6 Å². The number of hydrogen-bond donors (Lipinski definition) is 1. The molecule has 0 spiro atoms. The van der Waals surface area contributed by atoms with Gasteiger partial charge in [-0.05, 0) is 20.4 Å². The standard InChI is InChI=1S/C14H23N5O/c1-4-11(2)17-13-10-15-12(9-16-13)14(20)19-7-5-18(3)6-8-19/h9-11H,4-8H2,1-3H3,(H,16,17). The fourth-order valence-electron chi connectivity index (χ4n) is 2.04. The van der Waals surface area contributed by atoms with Crippen LogP contribution in [0.1, 0.15) is 30.8 Å². The second-order valence-electron chi connectivity index (χ2n) is 5.34. The SMILES string of the molecule is CCC(C)Nc1cnc(C(=O)N2CCN(C)CC2)cn1. The minimum atomic E-state index is -0.0271. The van der Waals surface area contributed by atoms with Gasteiger partial charge in [0.25, 0.3) is 5.91 Å².